The lowest BCUT2D eigenvalue weighted by atomic mass is 10.0. The van der Waals surface area contributed by atoms with Crippen LogP contribution in [0.15, 0.2) is 16.6 Å². The molecular formula is C12H15BrCl2N2O. The summed E-state index contributed by atoms with van der Waals surface area (Å²) in [7, 11) is 0. The number of carbonyl (C=O) groups excluding carboxylic acids is 1. The van der Waals surface area contributed by atoms with Crippen molar-refractivity contribution in [3.63, 3.8) is 0 Å². The number of carbonyl (C=O) groups is 1. The van der Waals surface area contributed by atoms with Crippen molar-refractivity contribution in [3.05, 3.63) is 26.7 Å². The van der Waals surface area contributed by atoms with E-state index in [1.54, 1.807) is 12.1 Å². The Morgan fingerprint density at radius 1 is 1.39 bits per heavy atom. The van der Waals surface area contributed by atoms with Gasteiger partial charge in [-0.1, -0.05) is 53.0 Å². The Morgan fingerprint density at radius 2 is 1.89 bits per heavy atom. The Bertz CT molecular complexity index is 429. The minimum absolute atomic E-state index is 0.283. The summed E-state index contributed by atoms with van der Waals surface area (Å²) in [5, 5.41) is 3.41. The van der Waals surface area contributed by atoms with Crippen LogP contribution in [0, 0.1) is 5.92 Å². The molecule has 0 unspecified atom stereocenters. The smallest absolute Gasteiger partial charge is 0.241 e. The monoisotopic (exact) mass is 352 g/mol. The highest BCUT2D eigenvalue weighted by Crippen LogP contribution is 2.33. The molecule has 1 aromatic carbocycles. The second-order valence-electron chi connectivity index (χ2n) is 4.47. The summed E-state index contributed by atoms with van der Waals surface area (Å²) in [6.07, 6.45) is 0.609. The number of hydrogen-bond donors (Lipinski definition) is 2. The van der Waals surface area contributed by atoms with E-state index >= 15 is 0 Å². The van der Waals surface area contributed by atoms with Crippen LogP contribution in [-0.2, 0) is 4.79 Å². The fraction of sp³-hybridized carbons (Fsp3) is 0.417. The highest BCUT2D eigenvalue weighted by atomic mass is 79.9. The van der Waals surface area contributed by atoms with Crippen LogP contribution in [0.1, 0.15) is 20.3 Å². The zero-order valence-electron chi connectivity index (χ0n) is 10.1. The topological polar surface area (TPSA) is 55.1 Å². The van der Waals surface area contributed by atoms with Gasteiger partial charge in [0.15, 0.2) is 0 Å². The molecular weight excluding hydrogens is 339 g/mol. The maximum absolute atomic E-state index is 11.9. The molecule has 3 nitrogen and oxygen atoms in total. The minimum atomic E-state index is -0.569. The van der Waals surface area contributed by atoms with Crippen LogP contribution < -0.4 is 11.1 Å². The fourth-order valence-corrected chi connectivity index (χ4v) is 2.80. The highest BCUT2D eigenvalue weighted by Gasteiger charge is 2.17. The van der Waals surface area contributed by atoms with Crippen molar-refractivity contribution in [3.8, 4) is 0 Å². The number of halogens is 3. The van der Waals surface area contributed by atoms with Gasteiger partial charge in [-0.2, -0.15) is 0 Å². The summed E-state index contributed by atoms with van der Waals surface area (Å²) >= 11 is 15.3. The van der Waals surface area contributed by atoms with E-state index in [0.29, 0.717) is 28.1 Å². The summed E-state index contributed by atoms with van der Waals surface area (Å²) in [5.41, 5.74) is 6.18. The molecule has 0 aliphatic carbocycles. The van der Waals surface area contributed by atoms with Crippen molar-refractivity contribution in [2.45, 2.75) is 26.3 Å². The van der Waals surface area contributed by atoms with Crippen LogP contribution in [-0.4, -0.2) is 11.9 Å². The third-order valence-corrected chi connectivity index (χ3v) is 3.37. The Kier molecular flexibility index (Phi) is 5.92. The Labute approximate surface area is 125 Å². The van der Waals surface area contributed by atoms with Crippen molar-refractivity contribution in [1.82, 2.24) is 0 Å². The molecule has 0 spiro atoms. The van der Waals surface area contributed by atoms with Crippen molar-refractivity contribution in [2.24, 2.45) is 11.7 Å². The van der Waals surface area contributed by atoms with Crippen LogP contribution in [0.3, 0.4) is 0 Å². The van der Waals surface area contributed by atoms with Gasteiger partial charge in [-0.25, -0.2) is 0 Å². The van der Waals surface area contributed by atoms with Crippen LogP contribution >= 0.6 is 39.1 Å². The zero-order valence-corrected chi connectivity index (χ0v) is 13.2. The number of rotatable bonds is 4. The average Bonchev–Trinajstić information content (AvgIpc) is 2.21. The number of nitrogens with two attached hydrogens (primary N) is 1. The highest BCUT2D eigenvalue weighted by molar-refractivity contribution is 9.10. The van der Waals surface area contributed by atoms with E-state index in [0.717, 1.165) is 4.47 Å². The van der Waals surface area contributed by atoms with E-state index in [4.69, 9.17) is 28.9 Å². The molecule has 18 heavy (non-hydrogen) atoms. The first-order chi connectivity index (χ1) is 8.31. The van der Waals surface area contributed by atoms with Crippen molar-refractivity contribution >= 4 is 50.7 Å². The fourth-order valence-electron chi connectivity index (χ4n) is 1.49. The van der Waals surface area contributed by atoms with Crippen LogP contribution in [0.4, 0.5) is 5.69 Å². The van der Waals surface area contributed by atoms with Crippen LogP contribution in [0.25, 0.3) is 0 Å². The van der Waals surface area contributed by atoms with Gasteiger partial charge in [-0.3, -0.25) is 4.79 Å². The van der Waals surface area contributed by atoms with Crippen molar-refractivity contribution < 1.29 is 4.79 Å². The molecule has 0 saturated carbocycles. The van der Waals surface area contributed by atoms with Gasteiger partial charge in [0.05, 0.1) is 21.8 Å². The van der Waals surface area contributed by atoms with Crippen LogP contribution in [0.5, 0.6) is 0 Å². The molecule has 0 radical (unpaired) electrons. The Balaban J connectivity index is 2.82. The van der Waals surface area contributed by atoms with Crippen molar-refractivity contribution in [2.75, 3.05) is 5.32 Å². The first-order valence-electron chi connectivity index (χ1n) is 5.52. The van der Waals surface area contributed by atoms with Gasteiger partial charge >= 0.3 is 0 Å². The van der Waals surface area contributed by atoms with Gasteiger partial charge in [0.25, 0.3) is 0 Å². The van der Waals surface area contributed by atoms with Gasteiger partial charge in [-0.05, 0) is 24.5 Å². The second-order valence-corrected chi connectivity index (χ2v) is 6.20. The second kappa shape index (κ2) is 6.75. The van der Waals surface area contributed by atoms with E-state index in [2.05, 4.69) is 21.2 Å². The zero-order chi connectivity index (χ0) is 13.9. The average molecular weight is 354 g/mol. The molecule has 0 aliphatic heterocycles. The van der Waals surface area contributed by atoms with Gasteiger partial charge in [-0.15, -0.1) is 0 Å². The summed E-state index contributed by atoms with van der Waals surface area (Å²) in [4.78, 5) is 11.9. The van der Waals surface area contributed by atoms with Gasteiger partial charge < -0.3 is 11.1 Å². The minimum Gasteiger partial charge on any atom is -0.322 e. The summed E-state index contributed by atoms with van der Waals surface area (Å²) in [5.74, 6) is 0.0661. The molecule has 0 bridgehead atoms. The van der Waals surface area contributed by atoms with Gasteiger partial charge in [0.1, 0.15) is 0 Å². The van der Waals surface area contributed by atoms with E-state index in [1.165, 1.54) is 0 Å². The number of nitrogens with one attached hydrogen (secondary N) is 1. The van der Waals surface area contributed by atoms with Gasteiger partial charge in [0.2, 0.25) is 5.91 Å². The predicted molar refractivity (Wildman–Crippen MR) is 80.2 cm³/mol. The maximum Gasteiger partial charge on any atom is 0.241 e. The molecule has 6 heteroatoms. The number of anilines is 1. The van der Waals surface area contributed by atoms with E-state index in [1.807, 2.05) is 13.8 Å². The Morgan fingerprint density at radius 3 is 2.33 bits per heavy atom. The molecule has 0 saturated heterocycles. The standard InChI is InChI=1S/C12H15BrCl2N2O/c1-6(2)3-10(16)12(18)17-11-8(14)4-7(13)5-9(11)15/h4-6,10H,3,16H2,1-2H3,(H,17,18)/t10-/m1/s1. The summed E-state index contributed by atoms with van der Waals surface area (Å²) in [6.45, 7) is 4.01. The van der Waals surface area contributed by atoms with Crippen LogP contribution in [0.2, 0.25) is 10.0 Å². The summed E-state index contributed by atoms with van der Waals surface area (Å²) < 4.78 is 0.752. The largest absolute Gasteiger partial charge is 0.322 e. The molecule has 100 valence electrons. The lowest BCUT2D eigenvalue weighted by Gasteiger charge is -2.15. The van der Waals surface area contributed by atoms with Gasteiger partial charge in [0, 0.05) is 4.47 Å². The predicted octanol–water partition coefficient (Wildman–Crippen LogP) is 4.07. The van der Waals surface area contributed by atoms with Crippen molar-refractivity contribution in [1.29, 1.82) is 0 Å². The normalized spacial score (nSPS) is 12.6. The molecule has 0 aliphatic rings. The quantitative estimate of drug-likeness (QED) is 0.857. The third-order valence-electron chi connectivity index (χ3n) is 2.32. The number of amides is 1. The number of benzene rings is 1. The molecule has 1 amide bonds. The Hall–Kier alpha value is -0.290. The summed E-state index contributed by atoms with van der Waals surface area (Å²) in [6, 6.07) is 2.76. The maximum atomic E-state index is 11.9. The number of hydrogen-bond acceptors (Lipinski definition) is 2. The SMILES string of the molecule is CC(C)C[C@@H](N)C(=O)Nc1c(Cl)cc(Br)cc1Cl. The molecule has 1 aromatic rings. The van der Waals surface area contributed by atoms with E-state index in [9.17, 15) is 4.79 Å². The molecule has 1 rings (SSSR count). The molecule has 0 heterocycles. The lowest BCUT2D eigenvalue weighted by molar-refractivity contribution is -0.117. The molecule has 0 fully saturated rings. The first kappa shape index (κ1) is 15.8. The molecule has 1 atom stereocenters. The van der Waals surface area contributed by atoms with E-state index < -0.39 is 6.04 Å². The first-order valence-corrected chi connectivity index (χ1v) is 7.07. The third kappa shape index (κ3) is 4.43. The molecule has 0 aromatic heterocycles. The molecule has 3 N–H and O–H groups in total. The van der Waals surface area contributed by atoms with E-state index in [-0.39, 0.29) is 5.91 Å². The lowest BCUT2D eigenvalue weighted by Crippen LogP contribution is -2.36.